The van der Waals surface area contributed by atoms with E-state index in [1.165, 1.54) is 22.5 Å². The van der Waals surface area contributed by atoms with Crippen LogP contribution < -0.4 is 4.74 Å². The van der Waals surface area contributed by atoms with Crippen molar-refractivity contribution in [2.75, 3.05) is 0 Å². The first kappa shape index (κ1) is 11.9. The number of aromatic nitrogens is 1. The van der Waals surface area contributed by atoms with Crippen LogP contribution >= 0.6 is 11.3 Å². The van der Waals surface area contributed by atoms with Gasteiger partial charge in [-0.15, -0.1) is 0 Å². The van der Waals surface area contributed by atoms with E-state index < -0.39 is 0 Å². The molecule has 0 atom stereocenters. The van der Waals surface area contributed by atoms with Crippen LogP contribution in [-0.4, -0.2) is 4.98 Å². The number of hydrogen-bond acceptors (Lipinski definition) is 3. The van der Waals surface area contributed by atoms with Crippen LogP contribution in [0, 0.1) is 0 Å². The molecule has 3 heteroatoms. The van der Waals surface area contributed by atoms with E-state index in [9.17, 15) is 0 Å². The standard InChI is InChI=1S/C16H13NOS/c1-2-4-13(5-3-1)12-14-6-8-15(9-7-14)18-16-17-10-11-19-16/h1-11H,12H2. The van der Waals surface area contributed by atoms with Gasteiger partial charge >= 0.3 is 0 Å². The molecule has 0 aliphatic carbocycles. The molecular weight excluding hydrogens is 254 g/mol. The normalized spacial score (nSPS) is 10.3. The third-order valence-corrected chi connectivity index (χ3v) is 3.44. The lowest BCUT2D eigenvalue weighted by atomic mass is 10.1. The van der Waals surface area contributed by atoms with Crippen LogP contribution in [0.25, 0.3) is 0 Å². The Hall–Kier alpha value is -2.13. The average molecular weight is 267 g/mol. The molecule has 19 heavy (non-hydrogen) atoms. The van der Waals surface area contributed by atoms with Gasteiger partial charge in [-0.1, -0.05) is 53.8 Å². The molecule has 0 radical (unpaired) electrons. The van der Waals surface area contributed by atoms with Crippen molar-refractivity contribution in [2.45, 2.75) is 6.42 Å². The van der Waals surface area contributed by atoms with Gasteiger partial charge in [-0.3, -0.25) is 0 Å². The van der Waals surface area contributed by atoms with E-state index in [1.807, 2.05) is 23.6 Å². The van der Waals surface area contributed by atoms with E-state index >= 15 is 0 Å². The zero-order chi connectivity index (χ0) is 12.9. The van der Waals surface area contributed by atoms with Gasteiger partial charge in [-0.25, -0.2) is 4.98 Å². The molecule has 0 spiro atoms. The van der Waals surface area contributed by atoms with Crippen molar-refractivity contribution in [3.63, 3.8) is 0 Å². The number of rotatable bonds is 4. The summed E-state index contributed by atoms with van der Waals surface area (Å²) < 4.78 is 5.63. The predicted molar refractivity (Wildman–Crippen MR) is 77.9 cm³/mol. The number of nitrogens with zero attached hydrogens (tertiary/aromatic N) is 1. The van der Waals surface area contributed by atoms with E-state index in [0.717, 1.165) is 12.2 Å². The summed E-state index contributed by atoms with van der Waals surface area (Å²) in [6, 6.07) is 18.6. The number of ether oxygens (including phenoxy) is 1. The Morgan fingerprint density at radius 1 is 0.895 bits per heavy atom. The zero-order valence-corrected chi connectivity index (χ0v) is 11.1. The first-order chi connectivity index (χ1) is 9.40. The van der Waals surface area contributed by atoms with Crippen LogP contribution in [0.3, 0.4) is 0 Å². The predicted octanol–water partition coefficient (Wildman–Crippen LogP) is 4.53. The minimum Gasteiger partial charge on any atom is -0.431 e. The maximum atomic E-state index is 5.63. The monoisotopic (exact) mass is 267 g/mol. The molecule has 0 saturated carbocycles. The molecule has 2 aromatic carbocycles. The summed E-state index contributed by atoms with van der Waals surface area (Å²) in [6.07, 6.45) is 2.68. The van der Waals surface area contributed by atoms with Crippen molar-refractivity contribution >= 4 is 11.3 Å². The molecule has 0 unspecified atom stereocenters. The topological polar surface area (TPSA) is 22.1 Å². The van der Waals surface area contributed by atoms with Gasteiger partial charge in [0.25, 0.3) is 5.19 Å². The molecule has 1 heterocycles. The van der Waals surface area contributed by atoms with E-state index in [2.05, 4.69) is 41.4 Å². The first-order valence-electron chi connectivity index (χ1n) is 6.10. The molecule has 0 bridgehead atoms. The van der Waals surface area contributed by atoms with Gasteiger partial charge in [0.05, 0.1) is 0 Å². The lowest BCUT2D eigenvalue weighted by Gasteiger charge is -2.04. The largest absolute Gasteiger partial charge is 0.431 e. The van der Waals surface area contributed by atoms with E-state index in [-0.39, 0.29) is 0 Å². The second kappa shape index (κ2) is 5.67. The molecule has 0 fully saturated rings. The Kier molecular flexibility index (Phi) is 3.56. The maximum absolute atomic E-state index is 5.63. The smallest absolute Gasteiger partial charge is 0.278 e. The van der Waals surface area contributed by atoms with Crippen molar-refractivity contribution in [3.05, 3.63) is 77.3 Å². The first-order valence-corrected chi connectivity index (χ1v) is 6.98. The minimum atomic E-state index is 0.677. The summed E-state index contributed by atoms with van der Waals surface area (Å²) in [5, 5.41) is 2.58. The average Bonchev–Trinajstić information content (AvgIpc) is 2.95. The summed E-state index contributed by atoms with van der Waals surface area (Å²) >= 11 is 1.49. The molecule has 0 amide bonds. The lowest BCUT2D eigenvalue weighted by molar-refractivity contribution is 0.478. The van der Waals surface area contributed by atoms with E-state index in [4.69, 9.17) is 4.74 Å². The van der Waals surface area contributed by atoms with Crippen LogP contribution in [0.15, 0.2) is 66.2 Å². The number of hydrogen-bond donors (Lipinski definition) is 0. The Morgan fingerprint density at radius 3 is 2.32 bits per heavy atom. The van der Waals surface area contributed by atoms with Gasteiger partial charge in [-0.05, 0) is 29.7 Å². The Balaban J connectivity index is 1.69. The molecule has 3 aromatic rings. The highest BCUT2D eigenvalue weighted by molar-refractivity contribution is 7.11. The fourth-order valence-electron chi connectivity index (χ4n) is 1.87. The van der Waals surface area contributed by atoms with Gasteiger partial charge < -0.3 is 4.74 Å². The third kappa shape index (κ3) is 3.20. The Bertz CT molecular complexity index is 618. The Morgan fingerprint density at radius 2 is 1.63 bits per heavy atom. The third-order valence-electron chi connectivity index (χ3n) is 2.79. The Labute approximate surface area is 116 Å². The van der Waals surface area contributed by atoms with Crippen LogP contribution in [0.2, 0.25) is 0 Å². The van der Waals surface area contributed by atoms with Crippen LogP contribution in [0.1, 0.15) is 11.1 Å². The molecule has 94 valence electrons. The molecule has 0 aliphatic heterocycles. The SMILES string of the molecule is c1ccc(Cc2ccc(Oc3nccs3)cc2)cc1. The second-order valence-corrected chi connectivity index (χ2v) is 5.06. The van der Waals surface area contributed by atoms with Gasteiger partial charge in [0, 0.05) is 11.6 Å². The molecule has 0 aliphatic rings. The zero-order valence-electron chi connectivity index (χ0n) is 10.3. The molecular formula is C16H13NOS. The minimum absolute atomic E-state index is 0.677. The maximum Gasteiger partial charge on any atom is 0.278 e. The highest BCUT2D eigenvalue weighted by Gasteiger charge is 2.00. The van der Waals surface area contributed by atoms with Crippen LogP contribution in [0.4, 0.5) is 0 Å². The van der Waals surface area contributed by atoms with Gasteiger partial charge in [0.1, 0.15) is 5.75 Å². The fourth-order valence-corrected chi connectivity index (χ4v) is 2.37. The van der Waals surface area contributed by atoms with Gasteiger partial charge in [0.2, 0.25) is 0 Å². The van der Waals surface area contributed by atoms with Crippen molar-refractivity contribution in [1.82, 2.24) is 4.98 Å². The molecule has 0 saturated heterocycles. The van der Waals surface area contributed by atoms with Crippen molar-refractivity contribution in [2.24, 2.45) is 0 Å². The highest BCUT2D eigenvalue weighted by atomic mass is 32.1. The van der Waals surface area contributed by atoms with Gasteiger partial charge in [-0.2, -0.15) is 0 Å². The molecule has 3 rings (SSSR count). The fraction of sp³-hybridized carbons (Fsp3) is 0.0625. The lowest BCUT2D eigenvalue weighted by Crippen LogP contribution is -1.88. The molecule has 0 N–H and O–H groups in total. The molecule has 1 aromatic heterocycles. The number of benzene rings is 2. The quantitative estimate of drug-likeness (QED) is 0.693. The molecule has 2 nitrogen and oxygen atoms in total. The number of thiazole rings is 1. The van der Waals surface area contributed by atoms with Crippen LogP contribution in [0.5, 0.6) is 10.9 Å². The van der Waals surface area contributed by atoms with E-state index in [0.29, 0.717) is 5.19 Å². The summed E-state index contributed by atoms with van der Waals surface area (Å²) in [7, 11) is 0. The van der Waals surface area contributed by atoms with Crippen molar-refractivity contribution in [3.8, 4) is 10.9 Å². The highest BCUT2D eigenvalue weighted by Crippen LogP contribution is 2.23. The van der Waals surface area contributed by atoms with E-state index in [1.54, 1.807) is 6.20 Å². The second-order valence-electron chi connectivity index (χ2n) is 4.21. The summed E-state index contributed by atoms with van der Waals surface area (Å²) in [5.41, 5.74) is 2.59. The summed E-state index contributed by atoms with van der Waals surface area (Å²) in [4.78, 5) is 4.10. The van der Waals surface area contributed by atoms with Crippen molar-refractivity contribution < 1.29 is 4.74 Å². The van der Waals surface area contributed by atoms with Crippen molar-refractivity contribution in [1.29, 1.82) is 0 Å². The van der Waals surface area contributed by atoms with Crippen LogP contribution in [-0.2, 0) is 6.42 Å². The summed E-state index contributed by atoms with van der Waals surface area (Å²) in [5.74, 6) is 0.826. The summed E-state index contributed by atoms with van der Waals surface area (Å²) in [6.45, 7) is 0. The van der Waals surface area contributed by atoms with Gasteiger partial charge in [0.15, 0.2) is 0 Å².